The molecule has 0 unspecified atom stereocenters. The second-order valence-electron chi connectivity index (χ2n) is 3.88. The first-order chi connectivity index (χ1) is 9.71. The van der Waals surface area contributed by atoms with Gasteiger partial charge in [-0.15, -0.1) is 0 Å². The predicted octanol–water partition coefficient (Wildman–Crippen LogP) is 3.31. The molecule has 0 aliphatic heterocycles. The number of alkyl halides is 5. The fraction of sp³-hybridized carbons (Fsp3) is 0.455. The Bertz CT molecular complexity index is 493. The van der Waals surface area contributed by atoms with E-state index < -0.39 is 35.4 Å². The van der Waals surface area contributed by atoms with Crippen molar-refractivity contribution in [1.29, 1.82) is 0 Å². The molecule has 0 radical (unpaired) electrons. The molecule has 21 heavy (non-hydrogen) atoms. The van der Waals surface area contributed by atoms with E-state index in [-0.39, 0.29) is 18.8 Å². The van der Waals surface area contributed by atoms with Crippen molar-refractivity contribution in [3.63, 3.8) is 0 Å². The van der Waals surface area contributed by atoms with E-state index >= 15 is 0 Å². The van der Waals surface area contributed by atoms with Crippen molar-refractivity contribution in [2.24, 2.45) is 0 Å². The number of hydrogen-bond acceptors (Lipinski definition) is 4. The number of anilines is 1. The second-order valence-corrected chi connectivity index (χ2v) is 3.88. The van der Waals surface area contributed by atoms with Crippen LogP contribution in [-0.2, 0) is 10.9 Å². The lowest BCUT2D eigenvalue weighted by atomic mass is 10.1. The molecule has 0 amide bonds. The van der Waals surface area contributed by atoms with Crippen molar-refractivity contribution >= 4 is 11.4 Å². The predicted molar refractivity (Wildman–Crippen MR) is 63.4 cm³/mol. The van der Waals surface area contributed by atoms with Gasteiger partial charge < -0.3 is 10.1 Å². The topological polar surface area (TPSA) is 64.4 Å². The lowest BCUT2D eigenvalue weighted by Crippen LogP contribution is -2.14. The summed E-state index contributed by atoms with van der Waals surface area (Å²) in [6, 6.07) is 2.01. The van der Waals surface area contributed by atoms with E-state index in [0.29, 0.717) is 12.1 Å². The van der Waals surface area contributed by atoms with Crippen molar-refractivity contribution < 1.29 is 31.6 Å². The molecular weight excluding hydrogens is 303 g/mol. The average molecular weight is 314 g/mol. The highest BCUT2D eigenvalue weighted by Gasteiger charge is 2.32. The van der Waals surface area contributed by atoms with Crippen LogP contribution in [0.15, 0.2) is 18.2 Å². The van der Waals surface area contributed by atoms with Gasteiger partial charge in [-0.1, -0.05) is 0 Å². The fourth-order valence-corrected chi connectivity index (χ4v) is 1.44. The summed E-state index contributed by atoms with van der Waals surface area (Å²) in [4.78, 5) is 9.79. The van der Waals surface area contributed by atoms with E-state index in [1.807, 2.05) is 0 Å². The Hall–Kier alpha value is -1.97. The number of nitro benzene ring substituents is 1. The highest BCUT2D eigenvalue weighted by molar-refractivity contribution is 5.62. The molecule has 0 aliphatic carbocycles. The molecule has 0 saturated carbocycles. The molecule has 5 nitrogen and oxygen atoms in total. The Balaban J connectivity index is 2.72. The third kappa shape index (κ3) is 5.50. The van der Waals surface area contributed by atoms with Crippen LogP contribution >= 0.6 is 0 Å². The van der Waals surface area contributed by atoms with Gasteiger partial charge in [-0.05, 0) is 12.1 Å². The molecule has 118 valence electrons. The van der Waals surface area contributed by atoms with Gasteiger partial charge in [0.25, 0.3) is 12.1 Å². The summed E-state index contributed by atoms with van der Waals surface area (Å²) in [5.41, 5.74) is -2.04. The Morgan fingerprint density at radius 2 is 2.00 bits per heavy atom. The monoisotopic (exact) mass is 314 g/mol. The van der Waals surface area contributed by atoms with E-state index in [9.17, 15) is 32.1 Å². The molecule has 0 bridgehead atoms. The summed E-state index contributed by atoms with van der Waals surface area (Å²) in [7, 11) is 0. The van der Waals surface area contributed by atoms with Gasteiger partial charge in [0, 0.05) is 12.6 Å². The largest absolute Gasteiger partial charge is 0.416 e. The Labute approximate surface area is 115 Å². The summed E-state index contributed by atoms with van der Waals surface area (Å²) in [6.07, 6.45) is -7.32. The Morgan fingerprint density at radius 3 is 2.52 bits per heavy atom. The fourth-order valence-electron chi connectivity index (χ4n) is 1.44. The van der Waals surface area contributed by atoms with Crippen LogP contribution in [-0.4, -0.2) is 31.1 Å². The summed E-state index contributed by atoms with van der Waals surface area (Å²) in [6.45, 7) is -1.00. The quantitative estimate of drug-likeness (QED) is 0.363. The summed E-state index contributed by atoms with van der Waals surface area (Å²) in [5.74, 6) is 0. The van der Waals surface area contributed by atoms with E-state index in [1.165, 1.54) is 0 Å². The van der Waals surface area contributed by atoms with E-state index in [0.717, 1.165) is 6.07 Å². The van der Waals surface area contributed by atoms with Crippen molar-refractivity contribution in [2.45, 2.75) is 12.6 Å². The number of nitrogens with zero attached hydrogens (tertiary/aromatic N) is 1. The van der Waals surface area contributed by atoms with Crippen molar-refractivity contribution in [1.82, 2.24) is 0 Å². The normalized spacial score (nSPS) is 11.7. The minimum atomic E-state index is -4.69. The van der Waals surface area contributed by atoms with Crippen LogP contribution in [0, 0.1) is 10.1 Å². The van der Waals surface area contributed by atoms with Gasteiger partial charge in [-0.2, -0.15) is 13.2 Å². The van der Waals surface area contributed by atoms with E-state index in [1.54, 1.807) is 0 Å². The summed E-state index contributed by atoms with van der Waals surface area (Å²) < 4.78 is 65.4. The number of nitro groups is 1. The van der Waals surface area contributed by atoms with Crippen LogP contribution in [0.25, 0.3) is 0 Å². The number of halogens is 5. The first-order valence-corrected chi connectivity index (χ1v) is 5.67. The van der Waals surface area contributed by atoms with Crippen molar-refractivity contribution in [3.8, 4) is 0 Å². The standard InChI is InChI=1S/C11H11F5N2O3/c12-10(13)6-21-4-3-17-8-2-1-7(11(14,15)16)5-9(8)18(19)20/h1-2,5,10,17H,3-4,6H2. The minimum Gasteiger partial charge on any atom is -0.377 e. The molecule has 1 aromatic carbocycles. The molecule has 0 fully saturated rings. The van der Waals surface area contributed by atoms with Crippen LogP contribution in [0.3, 0.4) is 0 Å². The molecule has 0 heterocycles. The lowest BCUT2D eigenvalue weighted by molar-refractivity contribution is -0.384. The summed E-state index contributed by atoms with van der Waals surface area (Å²) >= 11 is 0. The number of ether oxygens (including phenoxy) is 1. The number of nitrogens with one attached hydrogen (secondary N) is 1. The average Bonchev–Trinajstić information content (AvgIpc) is 2.36. The van der Waals surface area contributed by atoms with Gasteiger partial charge in [0.1, 0.15) is 12.3 Å². The molecule has 0 atom stereocenters. The molecular formula is C11H11F5N2O3. The minimum absolute atomic E-state index is 0.0566. The van der Waals surface area contributed by atoms with Crippen LogP contribution in [0.5, 0.6) is 0 Å². The third-order valence-electron chi connectivity index (χ3n) is 2.33. The first-order valence-electron chi connectivity index (χ1n) is 5.67. The molecule has 0 aliphatic rings. The molecule has 0 aromatic heterocycles. The van der Waals surface area contributed by atoms with Gasteiger partial charge >= 0.3 is 6.18 Å². The smallest absolute Gasteiger partial charge is 0.377 e. The van der Waals surface area contributed by atoms with Crippen molar-refractivity contribution in [3.05, 3.63) is 33.9 Å². The number of hydrogen-bond donors (Lipinski definition) is 1. The molecule has 1 N–H and O–H groups in total. The van der Waals surface area contributed by atoms with Gasteiger partial charge in [-0.25, -0.2) is 8.78 Å². The number of rotatable bonds is 7. The maximum Gasteiger partial charge on any atom is 0.416 e. The zero-order valence-corrected chi connectivity index (χ0v) is 10.5. The SMILES string of the molecule is O=[N+]([O-])c1cc(C(F)(F)F)ccc1NCCOCC(F)F. The molecule has 0 spiro atoms. The first kappa shape index (κ1) is 17.1. The zero-order valence-electron chi connectivity index (χ0n) is 10.5. The molecule has 0 saturated heterocycles. The van der Waals surface area contributed by atoms with E-state index in [4.69, 9.17) is 0 Å². The van der Waals surface area contributed by atoms with Gasteiger partial charge in [0.05, 0.1) is 17.1 Å². The Kier molecular flexibility index (Phi) is 5.82. The van der Waals surface area contributed by atoms with Crippen molar-refractivity contribution in [2.75, 3.05) is 25.1 Å². The van der Waals surface area contributed by atoms with Crippen LogP contribution in [0.1, 0.15) is 5.56 Å². The van der Waals surface area contributed by atoms with Gasteiger partial charge in [0.15, 0.2) is 0 Å². The lowest BCUT2D eigenvalue weighted by Gasteiger charge is -2.10. The molecule has 1 rings (SSSR count). The van der Waals surface area contributed by atoms with Crippen LogP contribution < -0.4 is 5.32 Å². The summed E-state index contributed by atoms with van der Waals surface area (Å²) in [5, 5.41) is 13.2. The maximum absolute atomic E-state index is 12.5. The maximum atomic E-state index is 12.5. The van der Waals surface area contributed by atoms with Gasteiger partial charge in [0.2, 0.25) is 0 Å². The van der Waals surface area contributed by atoms with Crippen LogP contribution in [0.4, 0.5) is 33.3 Å². The molecule has 1 aromatic rings. The third-order valence-corrected chi connectivity index (χ3v) is 2.33. The van der Waals surface area contributed by atoms with Gasteiger partial charge in [-0.3, -0.25) is 10.1 Å². The zero-order chi connectivity index (χ0) is 16.0. The Morgan fingerprint density at radius 1 is 1.33 bits per heavy atom. The second kappa shape index (κ2) is 7.16. The van der Waals surface area contributed by atoms with E-state index in [2.05, 4.69) is 10.1 Å². The number of benzene rings is 1. The molecule has 10 heteroatoms. The van der Waals surface area contributed by atoms with Crippen LogP contribution in [0.2, 0.25) is 0 Å². The highest BCUT2D eigenvalue weighted by atomic mass is 19.4. The highest BCUT2D eigenvalue weighted by Crippen LogP contribution is 2.34.